The van der Waals surface area contributed by atoms with E-state index in [4.69, 9.17) is 21.1 Å². The van der Waals surface area contributed by atoms with Gasteiger partial charge >= 0.3 is 12.2 Å². The third-order valence-corrected chi connectivity index (χ3v) is 4.29. The zero-order valence-electron chi connectivity index (χ0n) is 13.8. The van der Waals surface area contributed by atoms with E-state index in [-0.39, 0.29) is 12.5 Å². The topological polar surface area (TPSA) is 42.0 Å². The maximum absolute atomic E-state index is 13.0. The lowest BCUT2D eigenvalue weighted by atomic mass is 10.2. The number of alkyl halides is 3. The van der Waals surface area contributed by atoms with Crippen LogP contribution in [-0.4, -0.2) is 26.9 Å². The fraction of sp³-hybridized carbons (Fsp3) is 0.235. The van der Waals surface area contributed by atoms with E-state index < -0.39 is 22.8 Å². The molecule has 0 saturated heterocycles. The first-order valence-corrected chi connectivity index (χ1v) is 7.84. The summed E-state index contributed by atoms with van der Waals surface area (Å²) in [5.41, 5.74) is -0.419. The summed E-state index contributed by atoms with van der Waals surface area (Å²) in [6.07, 6.45) is -4.61. The first-order valence-electron chi connectivity index (χ1n) is 7.46. The summed E-state index contributed by atoms with van der Waals surface area (Å²) in [5.74, 6) is 1.06. The van der Waals surface area contributed by atoms with Gasteiger partial charge in [-0.3, -0.25) is 9.80 Å². The van der Waals surface area contributed by atoms with Gasteiger partial charge in [0.1, 0.15) is 0 Å². The highest BCUT2D eigenvalue weighted by Gasteiger charge is 2.34. The third-order valence-electron chi connectivity index (χ3n) is 3.96. The summed E-state index contributed by atoms with van der Waals surface area (Å²) in [4.78, 5) is 15.1. The number of hydrogen-bond donors (Lipinski definition) is 0. The second-order valence-electron chi connectivity index (χ2n) is 5.60. The Kier molecular flexibility index (Phi) is 4.62. The van der Waals surface area contributed by atoms with Crippen LogP contribution in [0.5, 0.6) is 11.5 Å². The van der Waals surface area contributed by atoms with Gasteiger partial charge in [-0.2, -0.15) is 13.2 Å². The number of amides is 2. The Morgan fingerprint density at radius 2 is 1.58 bits per heavy atom. The Morgan fingerprint density at radius 1 is 1.00 bits per heavy atom. The zero-order valence-corrected chi connectivity index (χ0v) is 14.6. The van der Waals surface area contributed by atoms with Gasteiger partial charge in [-0.25, -0.2) is 4.79 Å². The van der Waals surface area contributed by atoms with Crippen LogP contribution in [0.25, 0.3) is 0 Å². The summed E-state index contributed by atoms with van der Waals surface area (Å²) in [7, 11) is 2.90. The van der Waals surface area contributed by atoms with Crippen molar-refractivity contribution in [1.29, 1.82) is 0 Å². The molecule has 0 saturated carbocycles. The third kappa shape index (κ3) is 3.37. The number of anilines is 2. The van der Waals surface area contributed by atoms with Crippen molar-refractivity contribution in [3.05, 3.63) is 47.0 Å². The Balaban J connectivity index is 1.85. The van der Waals surface area contributed by atoms with Gasteiger partial charge in [-0.05, 0) is 30.3 Å². The lowest BCUT2D eigenvalue weighted by Gasteiger charge is -2.26. The molecule has 0 fully saturated rings. The van der Waals surface area contributed by atoms with Gasteiger partial charge in [0, 0.05) is 31.5 Å². The molecule has 1 aliphatic rings. The van der Waals surface area contributed by atoms with Gasteiger partial charge in [0.15, 0.2) is 11.5 Å². The molecule has 0 aromatic heterocycles. The number of benzene rings is 2. The molecule has 0 N–H and O–H groups in total. The van der Waals surface area contributed by atoms with E-state index in [0.29, 0.717) is 17.2 Å². The second kappa shape index (κ2) is 6.60. The van der Waals surface area contributed by atoms with Crippen LogP contribution in [0, 0.1) is 0 Å². The molecule has 0 radical (unpaired) electrons. The molecule has 1 aliphatic heterocycles. The molecule has 0 bridgehead atoms. The molecule has 3 rings (SSSR count). The van der Waals surface area contributed by atoms with Crippen LogP contribution in [0.15, 0.2) is 36.4 Å². The Morgan fingerprint density at radius 3 is 2.23 bits per heavy atom. The Labute approximate surface area is 152 Å². The van der Waals surface area contributed by atoms with Crippen LogP contribution in [-0.2, 0) is 6.18 Å². The zero-order chi connectivity index (χ0) is 19.1. The lowest BCUT2D eigenvalue weighted by Crippen LogP contribution is -2.39. The fourth-order valence-corrected chi connectivity index (χ4v) is 2.70. The molecule has 26 heavy (non-hydrogen) atoms. The Hall–Kier alpha value is -2.61. The monoisotopic (exact) mass is 386 g/mol. The molecule has 2 amide bonds. The molecule has 5 nitrogen and oxygen atoms in total. The number of halogens is 4. The van der Waals surface area contributed by atoms with E-state index in [1.165, 1.54) is 25.1 Å². The van der Waals surface area contributed by atoms with Gasteiger partial charge < -0.3 is 9.47 Å². The molecule has 1 heterocycles. The molecule has 138 valence electrons. The second-order valence-corrected chi connectivity index (χ2v) is 6.01. The Bertz CT molecular complexity index is 858. The van der Waals surface area contributed by atoms with Crippen LogP contribution in [0.1, 0.15) is 5.56 Å². The molecular weight excluding hydrogens is 373 g/mol. The lowest BCUT2D eigenvalue weighted by molar-refractivity contribution is -0.137. The van der Waals surface area contributed by atoms with Crippen LogP contribution in [0.3, 0.4) is 0 Å². The van der Waals surface area contributed by atoms with Crippen LogP contribution in [0.4, 0.5) is 29.3 Å². The van der Waals surface area contributed by atoms with Crippen LogP contribution < -0.4 is 19.3 Å². The summed E-state index contributed by atoms with van der Waals surface area (Å²) in [6.45, 7) is 0.0986. The smallest absolute Gasteiger partial charge is 0.417 e. The first-order chi connectivity index (χ1) is 12.2. The normalized spacial score (nSPS) is 12.8. The molecular formula is C17H14ClF3N2O3. The van der Waals surface area contributed by atoms with Crippen molar-refractivity contribution in [1.82, 2.24) is 0 Å². The van der Waals surface area contributed by atoms with E-state index in [0.717, 1.165) is 17.0 Å². The molecule has 0 atom stereocenters. The number of ether oxygens (including phenoxy) is 2. The molecule has 2 aromatic carbocycles. The van der Waals surface area contributed by atoms with Crippen molar-refractivity contribution < 1.29 is 27.4 Å². The van der Waals surface area contributed by atoms with Gasteiger partial charge in [0.25, 0.3) is 0 Å². The van der Waals surface area contributed by atoms with E-state index in [2.05, 4.69) is 0 Å². The SMILES string of the molecule is CN(C(=O)N(C)c1ccc(Cl)c(C(F)(F)F)c1)c1ccc2c(c1)OCO2. The standard InChI is InChI=1S/C17H14ClF3N2O3/c1-22(10-3-5-13(18)12(7-10)17(19,20)21)16(24)23(2)11-4-6-14-15(8-11)26-9-25-14/h3-8H,9H2,1-2H3. The minimum Gasteiger partial charge on any atom is -0.454 e. The van der Waals surface area contributed by atoms with Gasteiger partial charge in [-0.15, -0.1) is 0 Å². The van der Waals surface area contributed by atoms with Gasteiger partial charge in [0.2, 0.25) is 6.79 Å². The number of rotatable bonds is 2. The summed E-state index contributed by atoms with van der Waals surface area (Å²) < 4.78 is 49.5. The number of hydrogen-bond acceptors (Lipinski definition) is 3. The van der Waals surface area contributed by atoms with Crippen molar-refractivity contribution in [2.45, 2.75) is 6.18 Å². The van der Waals surface area contributed by atoms with E-state index in [9.17, 15) is 18.0 Å². The van der Waals surface area contributed by atoms with E-state index >= 15 is 0 Å². The minimum absolute atomic E-state index is 0.0688. The summed E-state index contributed by atoms with van der Waals surface area (Å²) in [6, 6.07) is 7.71. The molecule has 9 heteroatoms. The average Bonchev–Trinajstić information content (AvgIpc) is 3.06. The van der Waals surface area contributed by atoms with Crippen LogP contribution in [0.2, 0.25) is 5.02 Å². The number of nitrogens with zero attached hydrogens (tertiary/aromatic N) is 2. The quantitative estimate of drug-likeness (QED) is 0.746. The first kappa shape index (κ1) is 18.2. The summed E-state index contributed by atoms with van der Waals surface area (Å²) >= 11 is 5.62. The predicted octanol–water partition coefficient (Wildman–Crippen LogP) is 4.78. The number of carbonyl (C=O) groups is 1. The van der Waals surface area contributed by atoms with Crippen molar-refractivity contribution in [2.24, 2.45) is 0 Å². The van der Waals surface area contributed by atoms with Gasteiger partial charge in [-0.1, -0.05) is 11.6 Å². The summed E-state index contributed by atoms with van der Waals surface area (Å²) in [5, 5.41) is -0.425. The van der Waals surface area contributed by atoms with Crippen molar-refractivity contribution in [2.75, 3.05) is 30.7 Å². The molecule has 2 aromatic rings. The number of carbonyl (C=O) groups excluding carboxylic acids is 1. The van der Waals surface area contributed by atoms with Crippen LogP contribution >= 0.6 is 11.6 Å². The highest BCUT2D eigenvalue weighted by Crippen LogP contribution is 2.38. The molecule has 0 aliphatic carbocycles. The average molecular weight is 387 g/mol. The molecule has 0 spiro atoms. The predicted molar refractivity (Wildman–Crippen MR) is 91.2 cm³/mol. The maximum atomic E-state index is 13.0. The maximum Gasteiger partial charge on any atom is 0.417 e. The highest BCUT2D eigenvalue weighted by atomic mass is 35.5. The molecule has 0 unspecified atom stereocenters. The van der Waals surface area contributed by atoms with E-state index in [1.807, 2.05) is 0 Å². The largest absolute Gasteiger partial charge is 0.454 e. The number of urea groups is 1. The van der Waals surface area contributed by atoms with E-state index in [1.54, 1.807) is 18.2 Å². The minimum atomic E-state index is -4.61. The number of fused-ring (bicyclic) bond motifs is 1. The van der Waals surface area contributed by atoms with Crippen molar-refractivity contribution >= 4 is 29.0 Å². The highest BCUT2D eigenvalue weighted by molar-refractivity contribution is 6.31. The van der Waals surface area contributed by atoms with Crippen molar-refractivity contribution in [3.63, 3.8) is 0 Å². The van der Waals surface area contributed by atoms with Crippen molar-refractivity contribution in [3.8, 4) is 11.5 Å². The fourth-order valence-electron chi connectivity index (χ4n) is 2.48. The van der Waals surface area contributed by atoms with Gasteiger partial charge in [0.05, 0.1) is 10.6 Å².